The van der Waals surface area contributed by atoms with Crippen molar-refractivity contribution >= 4 is 13.2 Å². The summed E-state index contributed by atoms with van der Waals surface area (Å²) < 4.78 is 0. The summed E-state index contributed by atoms with van der Waals surface area (Å²) >= 11 is 0. The Hall–Kier alpha value is -1.06. The molecule has 2 N–H and O–H groups in total. The Morgan fingerprint density at radius 2 is 1.92 bits per heavy atom. The van der Waals surface area contributed by atoms with E-state index in [1.807, 2.05) is 26.0 Å². The molecule has 0 saturated heterocycles. The first-order valence-electron chi connectivity index (χ1n) is 4.21. The van der Waals surface area contributed by atoms with Crippen LogP contribution in [0.25, 0.3) is 6.08 Å². The van der Waals surface area contributed by atoms with Crippen molar-refractivity contribution in [3.8, 4) is 0 Å². The molecule has 1 rings (SSSR count). The fraction of sp³-hybridized carbons (Fsp3) is 0.200. The zero-order valence-corrected chi connectivity index (χ0v) is 7.86. The maximum absolute atomic E-state index is 8.63. The van der Waals surface area contributed by atoms with Gasteiger partial charge in [0.2, 0.25) is 0 Å². The third-order valence-electron chi connectivity index (χ3n) is 1.87. The van der Waals surface area contributed by atoms with Crippen LogP contribution < -0.4 is 0 Å². The number of rotatable bonds is 2. The summed E-state index contributed by atoms with van der Waals surface area (Å²) in [6.07, 6.45) is 1.71. The molecule has 0 bridgehead atoms. The van der Waals surface area contributed by atoms with E-state index < -0.39 is 7.12 Å². The van der Waals surface area contributed by atoms with Crippen molar-refractivity contribution in [2.75, 3.05) is 0 Å². The van der Waals surface area contributed by atoms with E-state index in [-0.39, 0.29) is 0 Å². The summed E-state index contributed by atoms with van der Waals surface area (Å²) in [5.41, 5.74) is 3.36. The van der Waals surface area contributed by atoms with Gasteiger partial charge >= 0.3 is 7.12 Å². The number of hydrogen-bond donors (Lipinski definition) is 2. The largest absolute Gasteiger partial charge is 0.480 e. The quantitative estimate of drug-likeness (QED) is 0.667. The minimum atomic E-state index is -1.37. The molecular formula is C10H13BO2. The minimum absolute atomic E-state index is 1.01. The van der Waals surface area contributed by atoms with E-state index in [0.717, 1.165) is 11.1 Å². The maximum Gasteiger partial charge on any atom is 0.480 e. The van der Waals surface area contributed by atoms with Crippen molar-refractivity contribution in [3.05, 3.63) is 40.9 Å². The second-order valence-corrected chi connectivity index (χ2v) is 3.13. The van der Waals surface area contributed by atoms with Crippen molar-refractivity contribution < 1.29 is 10.0 Å². The molecular weight excluding hydrogens is 163 g/mol. The molecule has 68 valence electrons. The fourth-order valence-electron chi connectivity index (χ4n) is 1.20. The summed E-state index contributed by atoms with van der Waals surface area (Å²) in [4.78, 5) is 0. The normalized spacial score (nSPS) is 10.8. The van der Waals surface area contributed by atoms with Gasteiger partial charge in [-0.15, -0.1) is 0 Å². The van der Waals surface area contributed by atoms with E-state index >= 15 is 0 Å². The van der Waals surface area contributed by atoms with Crippen LogP contribution in [0.3, 0.4) is 0 Å². The molecule has 2 nitrogen and oxygen atoms in total. The summed E-state index contributed by atoms with van der Waals surface area (Å²) in [5.74, 6) is 1.34. The van der Waals surface area contributed by atoms with Gasteiger partial charge in [-0.25, -0.2) is 0 Å². The first-order valence-corrected chi connectivity index (χ1v) is 4.21. The third-order valence-corrected chi connectivity index (χ3v) is 1.87. The van der Waals surface area contributed by atoms with Gasteiger partial charge in [-0.3, -0.25) is 0 Å². The predicted octanol–water partition coefficient (Wildman–Crippen LogP) is 1.33. The lowest BCUT2D eigenvalue weighted by Gasteiger charge is -2.01. The van der Waals surface area contributed by atoms with Crippen LogP contribution in [0.1, 0.15) is 16.7 Å². The molecule has 13 heavy (non-hydrogen) atoms. The topological polar surface area (TPSA) is 40.5 Å². The molecule has 0 atom stereocenters. The maximum atomic E-state index is 8.63. The van der Waals surface area contributed by atoms with E-state index in [1.54, 1.807) is 6.08 Å². The van der Waals surface area contributed by atoms with Gasteiger partial charge in [0.25, 0.3) is 0 Å². The van der Waals surface area contributed by atoms with Gasteiger partial charge in [-0.2, -0.15) is 0 Å². The molecule has 0 aliphatic carbocycles. The lowest BCUT2D eigenvalue weighted by molar-refractivity contribution is 0.424. The highest BCUT2D eigenvalue weighted by molar-refractivity contribution is 6.48. The van der Waals surface area contributed by atoms with Crippen molar-refractivity contribution in [1.82, 2.24) is 0 Å². The SMILES string of the molecule is Cc1ccc(/C=C/B(O)O)c(C)c1. The zero-order chi connectivity index (χ0) is 9.84. The van der Waals surface area contributed by atoms with Crippen LogP contribution >= 0.6 is 0 Å². The standard InChI is InChI=1S/C10H13BO2/c1-8-3-4-10(9(2)7-8)5-6-11(12)13/h3-7,12-13H,1-2H3/b6-5+. The van der Waals surface area contributed by atoms with E-state index in [2.05, 4.69) is 6.07 Å². The van der Waals surface area contributed by atoms with Crippen LogP contribution in [0.5, 0.6) is 0 Å². The number of hydrogen-bond acceptors (Lipinski definition) is 2. The van der Waals surface area contributed by atoms with Gasteiger partial charge in [0.15, 0.2) is 0 Å². The second kappa shape index (κ2) is 4.26. The predicted molar refractivity (Wildman–Crippen MR) is 55.1 cm³/mol. The molecule has 0 spiro atoms. The summed E-state index contributed by atoms with van der Waals surface area (Å²) in [6.45, 7) is 4.03. The monoisotopic (exact) mass is 176 g/mol. The first kappa shape index (κ1) is 10.0. The highest BCUT2D eigenvalue weighted by Crippen LogP contribution is 2.11. The van der Waals surface area contributed by atoms with Crippen LogP contribution in [-0.4, -0.2) is 17.2 Å². The molecule has 0 aliphatic rings. The zero-order valence-electron chi connectivity index (χ0n) is 7.86. The Bertz CT molecular complexity index is 319. The fourth-order valence-corrected chi connectivity index (χ4v) is 1.20. The number of aryl methyl sites for hydroxylation is 2. The smallest absolute Gasteiger partial charge is 0.424 e. The van der Waals surface area contributed by atoms with Crippen LogP contribution in [-0.2, 0) is 0 Å². The minimum Gasteiger partial charge on any atom is -0.424 e. The average molecular weight is 176 g/mol. The lowest BCUT2D eigenvalue weighted by Crippen LogP contribution is -2.05. The van der Waals surface area contributed by atoms with Crippen molar-refractivity contribution in [1.29, 1.82) is 0 Å². The summed E-state index contributed by atoms with van der Waals surface area (Å²) in [6, 6.07) is 6.02. The molecule has 0 radical (unpaired) electrons. The summed E-state index contributed by atoms with van der Waals surface area (Å²) in [7, 11) is -1.37. The Kier molecular flexibility index (Phi) is 3.28. The van der Waals surface area contributed by atoms with Gasteiger partial charge in [-0.1, -0.05) is 35.8 Å². The van der Waals surface area contributed by atoms with Gasteiger partial charge in [0, 0.05) is 0 Å². The third kappa shape index (κ3) is 3.05. The van der Waals surface area contributed by atoms with E-state index in [1.165, 1.54) is 11.5 Å². The Morgan fingerprint density at radius 3 is 2.46 bits per heavy atom. The molecule has 0 fully saturated rings. The first-order chi connectivity index (χ1) is 6.09. The van der Waals surface area contributed by atoms with Gasteiger partial charge in [-0.05, 0) is 25.0 Å². The van der Waals surface area contributed by atoms with Crippen LogP contribution in [0.15, 0.2) is 24.2 Å². The van der Waals surface area contributed by atoms with E-state index in [0.29, 0.717) is 0 Å². The summed E-state index contributed by atoms with van der Waals surface area (Å²) in [5, 5.41) is 17.3. The molecule has 0 saturated carbocycles. The van der Waals surface area contributed by atoms with Gasteiger partial charge in [0.05, 0.1) is 0 Å². The van der Waals surface area contributed by atoms with Crippen LogP contribution in [0.4, 0.5) is 0 Å². The molecule has 3 heteroatoms. The van der Waals surface area contributed by atoms with Crippen LogP contribution in [0, 0.1) is 13.8 Å². The van der Waals surface area contributed by atoms with Crippen molar-refractivity contribution in [2.24, 2.45) is 0 Å². The van der Waals surface area contributed by atoms with Gasteiger partial charge in [0.1, 0.15) is 0 Å². The molecule has 0 amide bonds. The molecule has 0 heterocycles. The Balaban J connectivity index is 2.90. The van der Waals surface area contributed by atoms with Crippen molar-refractivity contribution in [3.63, 3.8) is 0 Å². The number of benzene rings is 1. The molecule has 0 aliphatic heterocycles. The highest BCUT2D eigenvalue weighted by Gasteiger charge is 1.99. The van der Waals surface area contributed by atoms with Crippen molar-refractivity contribution in [2.45, 2.75) is 13.8 Å². The van der Waals surface area contributed by atoms with E-state index in [4.69, 9.17) is 10.0 Å². The molecule has 1 aromatic rings. The Morgan fingerprint density at radius 1 is 1.23 bits per heavy atom. The van der Waals surface area contributed by atoms with Crippen LogP contribution in [0.2, 0.25) is 0 Å². The molecule has 0 unspecified atom stereocenters. The average Bonchev–Trinajstić information content (AvgIpc) is 2.02. The highest BCUT2D eigenvalue weighted by atomic mass is 16.4. The van der Waals surface area contributed by atoms with Gasteiger partial charge < -0.3 is 10.0 Å². The molecule has 0 aromatic heterocycles. The lowest BCUT2D eigenvalue weighted by atomic mass is 9.90. The second-order valence-electron chi connectivity index (χ2n) is 3.13. The molecule has 1 aromatic carbocycles. The Labute approximate surface area is 78.7 Å². The van der Waals surface area contributed by atoms with E-state index in [9.17, 15) is 0 Å².